The Morgan fingerprint density at radius 2 is 2.10 bits per heavy atom. The Hall–Kier alpha value is -0.490. The first-order valence-corrected chi connectivity index (χ1v) is 8.41. The van der Waals surface area contributed by atoms with E-state index in [0.717, 1.165) is 5.56 Å². The molecule has 1 fully saturated rings. The van der Waals surface area contributed by atoms with Crippen molar-refractivity contribution in [2.24, 2.45) is 0 Å². The minimum atomic E-state index is -0.455. The molecule has 2 rings (SSSR count). The summed E-state index contributed by atoms with van der Waals surface area (Å²) in [7, 11) is 0. The van der Waals surface area contributed by atoms with Gasteiger partial charge < -0.3 is 15.0 Å². The van der Waals surface area contributed by atoms with Crippen molar-refractivity contribution in [1.82, 2.24) is 10.2 Å². The molecule has 7 heteroatoms. The van der Waals surface area contributed by atoms with Gasteiger partial charge in [-0.2, -0.15) is 0 Å². The molecule has 1 aromatic heterocycles. The lowest BCUT2D eigenvalue weighted by Crippen LogP contribution is -2.60. The molecule has 1 saturated heterocycles. The fourth-order valence-electron chi connectivity index (χ4n) is 2.15. The van der Waals surface area contributed by atoms with Gasteiger partial charge in [-0.1, -0.05) is 23.2 Å². The number of hydrogen-bond donors (Lipinski definition) is 1. The van der Waals surface area contributed by atoms with E-state index in [2.05, 4.69) is 5.32 Å². The van der Waals surface area contributed by atoms with Gasteiger partial charge in [0.1, 0.15) is 5.60 Å². The zero-order valence-corrected chi connectivity index (χ0v) is 14.9. The molecular formula is C14H20Cl2N2O2S. The highest BCUT2D eigenvalue weighted by Gasteiger charge is 2.34. The summed E-state index contributed by atoms with van der Waals surface area (Å²) < 4.78 is 6.72. The van der Waals surface area contributed by atoms with Crippen molar-refractivity contribution < 1.29 is 9.53 Å². The molecule has 0 spiro atoms. The van der Waals surface area contributed by atoms with Crippen molar-refractivity contribution in [3.63, 3.8) is 0 Å². The molecule has 0 bridgehead atoms. The van der Waals surface area contributed by atoms with Gasteiger partial charge in [0.05, 0.1) is 8.67 Å². The summed E-state index contributed by atoms with van der Waals surface area (Å²) in [6.45, 7) is 8.93. The van der Waals surface area contributed by atoms with E-state index in [0.29, 0.717) is 21.8 Å². The van der Waals surface area contributed by atoms with E-state index in [4.69, 9.17) is 27.9 Å². The third-order valence-corrected chi connectivity index (χ3v) is 4.69. The number of likely N-dealkylation sites (tertiary alicyclic amines) is 1. The lowest BCUT2D eigenvalue weighted by molar-refractivity contribution is 0.00434. The van der Waals surface area contributed by atoms with Crippen LogP contribution in [0.3, 0.4) is 0 Å². The van der Waals surface area contributed by atoms with Gasteiger partial charge in [-0.25, -0.2) is 4.79 Å². The second-order valence-corrected chi connectivity index (χ2v) is 8.54. The second-order valence-electron chi connectivity index (χ2n) is 6.25. The summed E-state index contributed by atoms with van der Waals surface area (Å²) in [6.07, 6.45) is -0.259. The van der Waals surface area contributed by atoms with Crippen molar-refractivity contribution in [3.05, 3.63) is 20.3 Å². The van der Waals surface area contributed by atoms with Gasteiger partial charge in [-0.3, -0.25) is 0 Å². The maximum absolute atomic E-state index is 11.8. The topological polar surface area (TPSA) is 41.6 Å². The predicted octanol–water partition coefficient (Wildman–Crippen LogP) is 4.32. The molecule has 118 valence electrons. The molecule has 1 unspecified atom stereocenters. The van der Waals surface area contributed by atoms with Crippen LogP contribution >= 0.6 is 34.5 Å². The van der Waals surface area contributed by atoms with Crippen LogP contribution in [0.4, 0.5) is 4.79 Å². The first-order chi connectivity index (χ1) is 9.65. The van der Waals surface area contributed by atoms with Gasteiger partial charge in [0.15, 0.2) is 0 Å². The quantitative estimate of drug-likeness (QED) is 0.882. The molecule has 21 heavy (non-hydrogen) atoms. The number of hydrogen-bond acceptors (Lipinski definition) is 4. The molecule has 1 aromatic rings. The standard InChI is InChI=1S/C14H20Cl2N2O2S/c1-8(10-5-11(15)21-12(10)16)17-9-6-18(7-9)13(19)20-14(2,3)4/h5,8-9,17H,6-7H2,1-4H3. The summed E-state index contributed by atoms with van der Waals surface area (Å²) >= 11 is 13.5. The lowest BCUT2D eigenvalue weighted by atomic mass is 10.1. The number of carbonyl (C=O) groups excluding carboxylic acids is 1. The van der Waals surface area contributed by atoms with E-state index in [1.54, 1.807) is 4.90 Å². The predicted molar refractivity (Wildman–Crippen MR) is 87.5 cm³/mol. The highest BCUT2D eigenvalue weighted by atomic mass is 35.5. The van der Waals surface area contributed by atoms with Crippen LogP contribution in [0.2, 0.25) is 8.67 Å². The smallest absolute Gasteiger partial charge is 0.410 e. The Balaban J connectivity index is 1.80. The minimum absolute atomic E-state index is 0.104. The fraction of sp³-hybridized carbons (Fsp3) is 0.643. The Morgan fingerprint density at radius 3 is 2.57 bits per heavy atom. The average Bonchev–Trinajstić information content (AvgIpc) is 2.59. The minimum Gasteiger partial charge on any atom is -0.444 e. The number of thiophene rings is 1. The molecule has 4 nitrogen and oxygen atoms in total. The molecule has 0 saturated carbocycles. The highest BCUT2D eigenvalue weighted by molar-refractivity contribution is 7.20. The Bertz CT molecular complexity index is 522. The number of halogens is 2. The summed E-state index contributed by atoms with van der Waals surface area (Å²) in [4.78, 5) is 13.5. The van der Waals surface area contributed by atoms with Gasteiger partial charge >= 0.3 is 6.09 Å². The number of nitrogens with one attached hydrogen (secondary N) is 1. The zero-order chi connectivity index (χ0) is 15.8. The van der Waals surface area contributed by atoms with E-state index in [1.807, 2.05) is 33.8 Å². The maximum Gasteiger partial charge on any atom is 0.410 e. The molecule has 2 heterocycles. The van der Waals surface area contributed by atoms with Crippen LogP contribution in [0.25, 0.3) is 0 Å². The van der Waals surface area contributed by atoms with E-state index in [-0.39, 0.29) is 18.2 Å². The van der Waals surface area contributed by atoms with E-state index >= 15 is 0 Å². The summed E-state index contributed by atoms with van der Waals surface area (Å²) in [5, 5.41) is 3.45. The first-order valence-electron chi connectivity index (χ1n) is 6.84. The van der Waals surface area contributed by atoms with Gasteiger partial charge in [-0.05, 0) is 39.3 Å². The van der Waals surface area contributed by atoms with Crippen LogP contribution in [0.1, 0.15) is 39.3 Å². The zero-order valence-electron chi connectivity index (χ0n) is 12.6. The van der Waals surface area contributed by atoms with Gasteiger partial charge in [-0.15, -0.1) is 11.3 Å². The third kappa shape index (κ3) is 4.49. The first kappa shape index (κ1) is 16.9. The molecule has 0 aromatic carbocycles. The maximum atomic E-state index is 11.8. The van der Waals surface area contributed by atoms with Crippen LogP contribution in [-0.2, 0) is 4.74 Å². The van der Waals surface area contributed by atoms with Crippen LogP contribution in [-0.4, -0.2) is 35.7 Å². The SMILES string of the molecule is CC(NC1CN(C(=O)OC(C)(C)C)C1)c1cc(Cl)sc1Cl. The molecule has 0 radical (unpaired) electrons. The summed E-state index contributed by atoms with van der Waals surface area (Å²) in [5.41, 5.74) is 0.548. The van der Waals surface area contributed by atoms with Crippen LogP contribution in [0, 0.1) is 0 Å². The number of nitrogens with zero attached hydrogens (tertiary/aromatic N) is 1. The molecule has 1 atom stereocenters. The largest absolute Gasteiger partial charge is 0.444 e. The second kappa shape index (κ2) is 6.32. The Labute approximate surface area is 139 Å². The molecular weight excluding hydrogens is 331 g/mol. The van der Waals surface area contributed by atoms with Crippen molar-refractivity contribution in [2.75, 3.05) is 13.1 Å². The van der Waals surface area contributed by atoms with Gasteiger partial charge in [0.2, 0.25) is 0 Å². The monoisotopic (exact) mass is 350 g/mol. The molecule has 1 aliphatic rings. The molecule has 1 amide bonds. The van der Waals surface area contributed by atoms with E-state index in [1.165, 1.54) is 11.3 Å². The fourth-order valence-corrected chi connectivity index (χ4v) is 3.80. The number of rotatable bonds is 3. The van der Waals surface area contributed by atoms with E-state index < -0.39 is 5.60 Å². The van der Waals surface area contributed by atoms with Gasteiger partial charge in [0, 0.05) is 25.2 Å². The van der Waals surface area contributed by atoms with E-state index in [9.17, 15) is 4.79 Å². The highest BCUT2D eigenvalue weighted by Crippen LogP contribution is 2.35. The molecule has 0 aliphatic carbocycles. The molecule has 1 aliphatic heterocycles. The van der Waals surface area contributed by atoms with Crippen LogP contribution in [0.5, 0.6) is 0 Å². The van der Waals surface area contributed by atoms with Crippen LogP contribution < -0.4 is 5.32 Å². The Kier molecular flexibility index (Phi) is 5.08. The van der Waals surface area contributed by atoms with Crippen molar-refractivity contribution in [3.8, 4) is 0 Å². The lowest BCUT2D eigenvalue weighted by Gasteiger charge is -2.41. The van der Waals surface area contributed by atoms with Crippen molar-refractivity contribution >= 4 is 40.6 Å². The average molecular weight is 351 g/mol. The third-order valence-electron chi connectivity index (χ3n) is 3.17. The number of amides is 1. The molecule has 1 N–H and O–H groups in total. The summed E-state index contributed by atoms with van der Waals surface area (Å²) in [6, 6.07) is 2.24. The van der Waals surface area contributed by atoms with Gasteiger partial charge in [0.25, 0.3) is 0 Å². The van der Waals surface area contributed by atoms with Crippen molar-refractivity contribution in [1.29, 1.82) is 0 Å². The van der Waals surface area contributed by atoms with Crippen LogP contribution in [0.15, 0.2) is 6.07 Å². The normalized spacial score (nSPS) is 17.5. The number of carbonyl (C=O) groups is 1. The van der Waals surface area contributed by atoms with Crippen molar-refractivity contribution in [2.45, 2.75) is 45.4 Å². The number of ether oxygens (including phenoxy) is 1. The Morgan fingerprint density at radius 1 is 1.48 bits per heavy atom. The summed E-state index contributed by atoms with van der Waals surface area (Å²) in [5.74, 6) is 0.